The number of hydrogen-bond acceptors (Lipinski definition) is 5. The Kier molecular flexibility index (Phi) is 4.76. The van der Waals surface area contributed by atoms with E-state index >= 15 is 0 Å². The Morgan fingerprint density at radius 3 is 2.67 bits per heavy atom. The van der Waals surface area contributed by atoms with Crippen LogP contribution in [0.4, 0.5) is 0 Å². The molecule has 2 N–H and O–H groups in total. The molecular formula is C18H27N3O3. The first-order valence-electron chi connectivity index (χ1n) is 8.86. The summed E-state index contributed by atoms with van der Waals surface area (Å²) < 4.78 is 5.85. The zero-order chi connectivity index (χ0) is 17.3. The van der Waals surface area contributed by atoms with Crippen molar-refractivity contribution in [3.63, 3.8) is 0 Å². The van der Waals surface area contributed by atoms with Crippen molar-refractivity contribution in [3.8, 4) is 5.88 Å². The van der Waals surface area contributed by atoms with Gasteiger partial charge in [-0.2, -0.15) is 0 Å². The van der Waals surface area contributed by atoms with Gasteiger partial charge in [-0.25, -0.2) is 4.98 Å². The molecule has 1 aromatic heterocycles. The Morgan fingerprint density at radius 1 is 1.42 bits per heavy atom. The number of aliphatic hydroxyl groups is 1. The summed E-state index contributed by atoms with van der Waals surface area (Å²) in [6, 6.07) is 0. The third-order valence-corrected chi connectivity index (χ3v) is 5.12. The number of rotatable bonds is 8. The molecule has 1 atom stereocenters. The summed E-state index contributed by atoms with van der Waals surface area (Å²) in [4.78, 5) is 21.4. The van der Waals surface area contributed by atoms with Crippen LogP contribution in [0.1, 0.15) is 68.6 Å². The topological polar surface area (TPSA) is 84.3 Å². The summed E-state index contributed by atoms with van der Waals surface area (Å²) in [5.74, 6) is 1.31. The van der Waals surface area contributed by atoms with E-state index in [1.165, 1.54) is 19.0 Å². The molecule has 24 heavy (non-hydrogen) atoms. The molecule has 0 saturated heterocycles. The highest BCUT2D eigenvalue weighted by molar-refractivity contribution is 5.92. The fraction of sp³-hybridized carbons (Fsp3) is 0.722. The van der Waals surface area contributed by atoms with Gasteiger partial charge in [0.15, 0.2) is 0 Å². The number of ether oxygens (including phenoxy) is 1. The van der Waals surface area contributed by atoms with Gasteiger partial charge in [0.05, 0.1) is 24.9 Å². The van der Waals surface area contributed by atoms with Crippen molar-refractivity contribution < 1.29 is 14.6 Å². The fourth-order valence-corrected chi connectivity index (χ4v) is 2.40. The number of aromatic nitrogens is 2. The molecule has 2 fully saturated rings. The van der Waals surface area contributed by atoms with E-state index in [-0.39, 0.29) is 24.1 Å². The van der Waals surface area contributed by atoms with E-state index in [4.69, 9.17) is 4.74 Å². The highest BCUT2D eigenvalue weighted by Gasteiger charge is 2.33. The molecule has 0 radical (unpaired) electrons. The van der Waals surface area contributed by atoms with Crippen LogP contribution in [0.5, 0.6) is 5.88 Å². The number of hydrogen-bond donors (Lipinski definition) is 2. The number of amides is 1. The molecule has 1 heterocycles. The summed E-state index contributed by atoms with van der Waals surface area (Å²) >= 11 is 0. The first-order chi connectivity index (χ1) is 11.4. The molecule has 6 nitrogen and oxygen atoms in total. The number of carbonyl (C=O) groups is 1. The minimum absolute atomic E-state index is 0.0933. The van der Waals surface area contributed by atoms with Crippen LogP contribution in [0.2, 0.25) is 0 Å². The van der Waals surface area contributed by atoms with Gasteiger partial charge >= 0.3 is 0 Å². The third kappa shape index (κ3) is 3.86. The van der Waals surface area contributed by atoms with Crippen molar-refractivity contribution >= 4 is 5.91 Å². The standard InChI is InChI=1S/C18H27N3O3/c1-11(2)18(3,10-22)21-16(23)14-8-19-15(13-6-7-13)17(20-14)24-9-12-4-5-12/h8,11-13,22H,4-7,9-10H2,1-3H3,(H,21,23). The van der Waals surface area contributed by atoms with E-state index in [1.807, 2.05) is 20.8 Å². The Bertz CT molecular complexity index is 612. The first-order valence-corrected chi connectivity index (χ1v) is 8.86. The maximum absolute atomic E-state index is 12.5. The zero-order valence-electron chi connectivity index (χ0n) is 14.7. The second-order valence-electron chi connectivity index (χ2n) is 7.66. The predicted octanol–water partition coefficient (Wildman–Crippen LogP) is 2.28. The zero-order valence-corrected chi connectivity index (χ0v) is 14.7. The van der Waals surface area contributed by atoms with E-state index < -0.39 is 5.54 Å². The van der Waals surface area contributed by atoms with Gasteiger partial charge in [-0.1, -0.05) is 13.8 Å². The van der Waals surface area contributed by atoms with Gasteiger partial charge in [-0.15, -0.1) is 0 Å². The molecule has 1 unspecified atom stereocenters. The monoisotopic (exact) mass is 333 g/mol. The highest BCUT2D eigenvalue weighted by Crippen LogP contribution is 2.42. The van der Waals surface area contributed by atoms with Gasteiger partial charge in [-0.05, 0) is 44.4 Å². The maximum atomic E-state index is 12.5. The maximum Gasteiger partial charge on any atom is 0.272 e. The molecule has 2 aliphatic rings. The van der Waals surface area contributed by atoms with Crippen LogP contribution in [0, 0.1) is 11.8 Å². The lowest BCUT2D eigenvalue weighted by molar-refractivity contribution is 0.0777. The summed E-state index contributed by atoms with van der Waals surface area (Å²) in [5.41, 5.74) is 0.426. The van der Waals surface area contributed by atoms with E-state index in [2.05, 4.69) is 15.3 Å². The molecule has 1 amide bonds. The molecule has 1 aromatic rings. The number of nitrogens with zero attached hydrogens (tertiary/aromatic N) is 2. The normalized spacial score (nSPS) is 19.9. The van der Waals surface area contributed by atoms with Crippen LogP contribution in [0.15, 0.2) is 6.20 Å². The van der Waals surface area contributed by atoms with E-state index in [0.717, 1.165) is 18.5 Å². The van der Waals surface area contributed by atoms with Crippen molar-refractivity contribution in [2.24, 2.45) is 11.8 Å². The van der Waals surface area contributed by atoms with Gasteiger partial charge in [0.25, 0.3) is 5.91 Å². The first kappa shape index (κ1) is 17.1. The van der Waals surface area contributed by atoms with E-state index in [9.17, 15) is 9.90 Å². The Hall–Kier alpha value is -1.69. The minimum atomic E-state index is -0.692. The van der Waals surface area contributed by atoms with Crippen molar-refractivity contribution in [2.45, 2.75) is 57.9 Å². The van der Waals surface area contributed by atoms with Crippen molar-refractivity contribution in [1.29, 1.82) is 0 Å². The van der Waals surface area contributed by atoms with Crippen LogP contribution < -0.4 is 10.1 Å². The summed E-state index contributed by atoms with van der Waals surface area (Å²) in [6.07, 6.45) is 6.14. The summed E-state index contributed by atoms with van der Waals surface area (Å²) in [5, 5.41) is 12.5. The van der Waals surface area contributed by atoms with Crippen LogP contribution >= 0.6 is 0 Å². The summed E-state index contributed by atoms with van der Waals surface area (Å²) in [6.45, 7) is 6.27. The fourth-order valence-electron chi connectivity index (χ4n) is 2.40. The molecule has 2 saturated carbocycles. The van der Waals surface area contributed by atoms with Crippen molar-refractivity contribution in [3.05, 3.63) is 17.6 Å². The molecule has 0 aliphatic heterocycles. The molecule has 2 aliphatic carbocycles. The number of aliphatic hydroxyl groups excluding tert-OH is 1. The average Bonchev–Trinajstić information content (AvgIpc) is 3.46. The molecule has 0 bridgehead atoms. The smallest absolute Gasteiger partial charge is 0.272 e. The van der Waals surface area contributed by atoms with Crippen molar-refractivity contribution in [2.75, 3.05) is 13.2 Å². The molecule has 132 valence electrons. The molecular weight excluding hydrogens is 306 g/mol. The molecule has 6 heteroatoms. The van der Waals surface area contributed by atoms with Crippen LogP contribution in [0.3, 0.4) is 0 Å². The summed E-state index contributed by atoms with van der Waals surface area (Å²) in [7, 11) is 0. The largest absolute Gasteiger partial charge is 0.476 e. The van der Waals surface area contributed by atoms with Crippen LogP contribution in [-0.4, -0.2) is 39.7 Å². The van der Waals surface area contributed by atoms with E-state index in [1.54, 1.807) is 0 Å². The van der Waals surface area contributed by atoms with Gasteiger partial charge in [-0.3, -0.25) is 9.78 Å². The van der Waals surface area contributed by atoms with Gasteiger partial charge in [0, 0.05) is 5.92 Å². The second kappa shape index (κ2) is 6.67. The molecule has 0 aromatic carbocycles. The van der Waals surface area contributed by atoms with Crippen LogP contribution in [0.25, 0.3) is 0 Å². The highest BCUT2D eigenvalue weighted by atomic mass is 16.5. The van der Waals surface area contributed by atoms with Gasteiger partial charge < -0.3 is 15.2 Å². The molecule has 3 rings (SSSR count). The number of carbonyl (C=O) groups excluding carboxylic acids is 1. The molecule has 0 spiro atoms. The Labute approximate surface area is 143 Å². The lowest BCUT2D eigenvalue weighted by Gasteiger charge is -2.32. The third-order valence-electron chi connectivity index (χ3n) is 5.12. The van der Waals surface area contributed by atoms with Gasteiger partial charge in [0.1, 0.15) is 11.4 Å². The SMILES string of the molecule is CC(C)C(C)(CO)NC(=O)c1cnc(C2CC2)c(OCC2CC2)n1. The predicted molar refractivity (Wildman–Crippen MR) is 90.0 cm³/mol. The lowest BCUT2D eigenvalue weighted by atomic mass is 9.89. The van der Waals surface area contributed by atoms with Crippen LogP contribution in [-0.2, 0) is 0 Å². The van der Waals surface area contributed by atoms with E-state index in [0.29, 0.717) is 24.3 Å². The second-order valence-corrected chi connectivity index (χ2v) is 7.66. The Balaban J connectivity index is 1.76. The quantitative estimate of drug-likeness (QED) is 0.762. The Morgan fingerprint density at radius 2 is 2.12 bits per heavy atom. The minimum Gasteiger partial charge on any atom is -0.476 e. The van der Waals surface area contributed by atoms with Gasteiger partial charge in [0.2, 0.25) is 5.88 Å². The average molecular weight is 333 g/mol. The lowest BCUT2D eigenvalue weighted by Crippen LogP contribution is -2.52. The van der Waals surface area contributed by atoms with Crippen molar-refractivity contribution in [1.82, 2.24) is 15.3 Å². The number of nitrogens with one attached hydrogen (secondary N) is 1.